The first kappa shape index (κ1) is 23.5. The summed E-state index contributed by atoms with van der Waals surface area (Å²) in [6.45, 7) is 0.448. The zero-order chi connectivity index (χ0) is 23.7. The summed E-state index contributed by atoms with van der Waals surface area (Å²) in [5, 5.41) is 6.38. The molecule has 0 bridgehead atoms. The van der Waals surface area contributed by atoms with Gasteiger partial charge >= 0.3 is 0 Å². The van der Waals surface area contributed by atoms with Crippen molar-refractivity contribution in [2.75, 3.05) is 7.11 Å². The summed E-state index contributed by atoms with van der Waals surface area (Å²) < 4.78 is 5.54. The minimum atomic E-state index is -0.554. The largest absolute Gasteiger partial charge is 0.381 e. The molecule has 1 aromatic rings. The lowest BCUT2D eigenvalue weighted by molar-refractivity contribution is -0.136. The third-order valence-corrected chi connectivity index (χ3v) is 8.45. The zero-order valence-corrected chi connectivity index (χ0v) is 20.2. The van der Waals surface area contributed by atoms with Gasteiger partial charge in [0, 0.05) is 37.7 Å². The molecule has 3 atom stereocenters. The molecule has 3 fully saturated rings. The number of piperidine rings is 1. The van der Waals surface area contributed by atoms with Gasteiger partial charge in [-0.1, -0.05) is 25.0 Å². The number of benzene rings is 1. The second-order valence-corrected chi connectivity index (χ2v) is 10.6. The van der Waals surface area contributed by atoms with Crippen molar-refractivity contribution >= 4 is 17.7 Å². The second kappa shape index (κ2) is 10.2. The van der Waals surface area contributed by atoms with Gasteiger partial charge in [-0.05, 0) is 74.5 Å². The van der Waals surface area contributed by atoms with Gasteiger partial charge in [-0.15, -0.1) is 0 Å². The maximum absolute atomic E-state index is 13.0. The van der Waals surface area contributed by atoms with Crippen LogP contribution in [-0.4, -0.2) is 54.0 Å². The Bertz CT molecular complexity index is 940. The van der Waals surface area contributed by atoms with Crippen LogP contribution in [0, 0.1) is 5.92 Å². The fourth-order valence-corrected chi connectivity index (χ4v) is 6.50. The molecule has 2 heterocycles. The van der Waals surface area contributed by atoms with Crippen LogP contribution in [0.15, 0.2) is 18.2 Å². The molecular formula is C27H37N3O4. The van der Waals surface area contributed by atoms with Crippen LogP contribution in [0.4, 0.5) is 0 Å². The topological polar surface area (TPSA) is 87.7 Å². The molecule has 2 unspecified atom stereocenters. The lowest BCUT2D eigenvalue weighted by atomic mass is 9.79. The molecule has 1 aromatic carbocycles. The van der Waals surface area contributed by atoms with Crippen LogP contribution >= 0.6 is 0 Å². The van der Waals surface area contributed by atoms with Crippen molar-refractivity contribution < 1.29 is 19.1 Å². The molecule has 0 radical (unpaired) electrons. The molecule has 184 valence electrons. The average molecular weight is 468 g/mol. The predicted octanol–water partition coefficient (Wildman–Crippen LogP) is 3.10. The fraction of sp³-hybridized carbons (Fsp3) is 0.667. The Labute approximate surface area is 202 Å². The van der Waals surface area contributed by atoms with E-state index in [1.807, 2.05) is 13.2 Å². The summed E-state index contributed by atoms with van der Waals surface area (Å²) in [5.41, 5.74) is 2.98. The van der Waals surface area contributed by atoms with Crippen LogP contribution in [0.2, 0.25) is 0 Å². The number of hydrogen-bond acceptors (Lipinski definition) is 5. The molecule has 7 nitrogen and oxygen atoms in total. The highest BCUT2D eigenvalue weighted by Gasteiger charge is 2.39. The number of ether oxygens (including phenoxy) is 1. The molecule has 0 aromatic heterocycles. The van der Waals surface area contributed by atoms with Gasteiger partial charge in [0.2, 0.25) is 11.8 Å². The van der Waals surface area contributed by atoms with Crippen LogP contribution < -0.4 is 10.6 Å². The fourth-order valence-electron chi connectivity index (χ4n) is 6.50. The first-order valence-electron chi connectivity index (χ1n) is 13.1. The Morgan fingerprint density at radius 3 is 2.59 bits per heavy atom. The van der Waals surface area contributed by atoms with E-state index in [0.29, 0.717) is 42.6 Å². The van der Waals surface area contributed by atoms with Crippen molar-refractivity contribution in [3.8, 4) is 0 Å². The summed E-state index contributed by atoms with van der Waals surface area (Å²) in [6, 6.07) is 6.80. The molecule has 4 aliphatic rings. The number of fused-ring (bicyclic) bond motifs is 1. The van der Waals surface area contributed by atoms with Crippen LogP contribution in [0.3, 0.4) is 0 Å². The molecule has 0 spiro atoms. The number of nitrogens with one attached hydrogen (secondary N) is 2. The Kier molecular flexibility index (Phi) is 7.02. The number of carbonyl (C=O) groups is 3. The van der Waals surface area contributed by atoms with Crippen molar-refractivity contribution in [1.82, 2.24) is 15.5 Å². The van der Waals surface area contributed by atoms with Gasteiger partial charge in [0.1, 0.15) is 6.04 Å². The summed E-state index contributed by atoms with van der Waals surface area (Å²) in [7, 11) is 1.82. The summed E-state index contributed by atoms with van der Waals surface area (Å²) in [5.74, 6) is -0.0985. The summed E-state index contributed by atoms with van der Waals surface area (Å²) >= 11 is 0. The Hall–Kier alpha value is -2.25. The zero-order valence-electron chi connectivity index (χ0n) is 20.2. The number of carbonyl (C=O) groups excluding carboxylic acids is 3. The van der Waals surface area contributed by atoms with Gasteiger partial charge in [-0.2, -0.15) is 0 Å². The summed E-state index contributed by atoms with van der Waals surface area (Å²) in [4.78, 5) is 38.4. The minimum absolute atomic E-state index is 0.0973. The van der Waals surface area contributed by atoms with E-state index >= 15 is 0 Å². The van der Waals surface area contributed by atoms with E-state index in [1.54, 1.807) is 4.90 Å². The van der Waals surface area contributed by atoms with Crippen molar-refractivity contribution in [3.05, 3.63) is 34.9 Å². The van der Waals surface area contributed by atoms with Gasteiger partial charge in [0.15, 0.2) is 0 Å². The van der Waals surface area contributed by atoms with E-state index in [0.717, 1.165) is 24.8 Å². The average Bonchev–Trinajstić information content (AvgIpc) is 3.16. The van der Waals surface area contributed by atoms with Gasteiger partial charge in [-0.3, -0.25) is 19.7 Å². The quantitative estimate of drug-likeness (QED) is 0.628. The number of rotatable bonds is 6. The normalized spacial score (nSPS) is 32.0. The molecule has 1 saturated heterocycles. The lowest BCUT2D eigenvalue weighted by Crippen LogP contribution is -2.52. The Morgan fingerprint density at radius 2 is 1.82 bits per heavy atom. The molecule has 2 N–H and O–H groups in total. The SMILES string of the molecule is COC1CCC(NC2CCCC[C@@H]2Cc2ccc3c(c2)CN(C2CCC(=O)NC2=O)C3=O)CC1. The van der Waals surface area contributed by atoms with E-state index in [4.69, 9.17) is 4.74 Å². The van der Waals surface area contributed by atoms with E-state index in [-0.39, 0.29) is 24.1 Å². The van der Waals surface area contributed by atoms with Gasteiger partial charge in [0.05, 0.1) is 6.10 Å². The van der Waals surface area contributed by atoms with Crippen molar-refractivity contribution in [1.29, 1.82) is 0 Å². The van der Waals surface area contributed by atoms with E-state index in [2.05, 4.69) is 22.8 Å². The number of hydrogen-bond donors (Lipinski definition) is 2. The number of methoxy groups -OCH3 is 1. The van der Waals surface area contributed by atoms with Crippen molar-refractivity contribution in [3.63, 3.8) is 0 Å². The monoisotopic (exact) mass is 467 g/mol. The van der Waals surface area contributed by atoms with Gasteiger partial charge in [-0.25, -0.2) is 0 Å². The Balaban J connectivity index is 1.23. The van der Waals surface area contributed by atoms with Crippen molar-refractivity contribution in [2.24, 2.45) is 5.92 Å². The molecule has 2 saturated carbocycles. The second-order valence-electron chi connectivity index (χ2n) is 10.6. The lowest BCUT2D eigenvalue weighted by Gasteiger charge is -2.37. The van der Waals surface area contributed by atoms with Crippen LogP contribution in [0.1, 0.15) is 85.7 Å². The standard InChI is InChI=1S/C27H37N3O4/c1-34-21-9-7-20(8-10-21)28-23-5-3-2-4-18(23)14-17-6-11-22-19(15-17)16-30(27(22)33)24-12-13-25(31)29-26(24)32/h6,11,15,18,20-21,23-24,28H,2-5,7-10,12-14,16H2,1H3,(H,29,31,32)/t18-,20?,21?,23?,24?/m1/s1. The highest BCUT2D eigenvalue weighted by atomic mass is 16.5. The highest BCUT2D eigenvalue weighted by molar-refractivity contribution is 6.05. The predicted molar refractivity (Wildman–Crippen MR) is 128 cm³/mol. The molecule has 34 heavy (non-hydrogen) atoms. The molecule has 2 aliphatic heterocycles. The third-order valence-electron chi connectivity index (χ3n) is 8.45. The molecule has 3 amide bonds. The summed E-state index contributed by atoms with van der Waals surface area (Å²) in [6.07, 6.45) is 11.9. The van der Waals surface area contributed by atoms with Crippen LogP contribution in [0.25, 0.3) is 0 Å². The number of nitrogens with zero attached hydrogens (tertiary/aromatic N) is 1. The molecule has 7 heteroatoms. The van der Waals surface area contributed by atoms with E-state index in [9.17, 15) is 14.4 Å². The maximum Gasteiger partial charge on any atom is 0.255 e. The van der Waals surface area contributed by atoms with E-state index < -0.39 is 6.04 Å². The van der Waals surface area contributed by atoms with Crippen molar-refractivity contribution in [2.45, 2.75) is 101 Å². The molecule has 5 rings (SSSR count). The maximum atomic E-state index is 13.0. The van der Waals surface area contributed by atoms with Gasteiger partial charge < -0.3 is 15.0 Å². The van der Waals surface area contributed by atoms with Crippen LogP contribution in [0.5, 0.6) is 0 Å². The smallest absolute Gasteiger partial charge is 0.255 e. The molecule has 2 aliphatic carbocycles. The Morgan fingerprint density at radius 1 is 1.03 bits per heavy atom. The third kappa shape index (κ3) is 4.91. The van der Waals surface area contributed by atoms with Crippen LogP contribution in [-0.2, 0) is 27.3 Å². The number of amides is 3. The van der Waals surface area contributed by atoms with E-state index in [1.165, 1.54) is 44.1 Å². The number of imide groups is 1. The van der Waals surface area contributed by atoms with Gasteiger partial charge in [0.25, 0.3) is 5.91 Å². The first-order valence-corrected chi connectivity index (χ1v) is 13.1. The molecular weight excluding hydrogens is 430 g/mol. The highest BCUT2D eigenvalue weighted by Crippen LogP contribution is 2.33. The minimum Gasteiger partial charge on any atom is -0.381 e. The first-order chi connectivity index (χ1) is 16.5.